The molecular weight excluding hydrogens is 582 g/mol. The number of carbonyl (C=O) groups excluding carboxylic acids is 2. The first kappa shape index (κ1) is 30.8. The number of aliphatic hydroxyl groups is 4. The van der Waals surface area contributed by atoms with Crippen LogP contribution < -0.4 is 9.47 Å². The molecule has 240 valence electrons. The van der Waals surface area contributed by atoms with E-state index in [-0.39, 0.29) is 25.4 Å². The number of carbonyl (C=O) groups is 2. The minimum atomic E-state index is -2.68. The third-order valence-electron chi connectivity index (χ3n) is 9.07. The van der Waals surface area contributed by atoms with Crippen LogP contribution in [0.15, 0.2) is 35.6 Å². The van der Waals surface area contributed by atoms with E-state index in [2.05, 4.69) is 4.90 Å². The monoisotopic (exact) mass is 619 g/mol. The highest BCUT2D eigenvalue weighted by Crippen LogP contribution is 2.52. The molecule has 2 saturated heterocycles. The maximum atomic E-state index is 13.7. The van der Waals surface area contributed by atoms with Gasteiger partial charge in [-0.2, -0.15) is 0 Å². The van der Waals surface area contributed by atoms with Crippen LogP contribution in [0.1, 0.15) is 29.9 Å². The van der Waals surface area contributed by atoms with Crippen molar-refractivity contribution in [1.29, 1.82) is 0 Å². The van der Waals surface area contributed by atoms with Crippen LogP contribution in [0.4, 0.5) is 0 Å². The van der Waals surface area contributed by atoms with Crippen molar-refractivity contribution in [1.82, 2.24) is 4.90 Å². The smallest absolute Gasteiger partial charge is 0.351 e. The largest absolute Gasteiger partial charge is 0.497 e. The summed E-state index contributed by atoms with van der Waals surface area (Å²) >= 11 is 0. The Labute approximate surface area is 253 Å². The fraction of sp³-hybridized carbons (Fsp3) is 0.600. The number of fused-ring (bicyclic) bond motifs is 3. The van der Waals surface area contributed by atoms with Crippen LogP contribution in [0.5, 0.6) is 11.5 Å². The standard InChI is InChI=1S/C30H37NO13/c1-38-25-16-6-9-31-8-5-15-11-18-19(42-14-41-18)12-17(15)21(22(16)31)26(25)44-29(36)30(37,28(35)39-2)7-3-4-10-40-27-24(34)23(33)20(13-32)43-27/h3-4,11-12,20-24,26-27,32-34,37H,5-10,13-14H2,1-2H3/b4-3+/t20?,21-,22-,23?,24?,26-,27?,30+/m0/s1. The summed E-state index contributed by atoms with van der Waals surface area (Å²) in [7, 11) is 2.57. The normalized spacial score (nSPS) is 31.9. The Bertz CT molecular complexity index is 1350. The molecule has 14 heteroatoms. The Morgan fingerprint density at radius 1 is 1.07 bits per heavy atom. The van der Waals surface area contributed by atoms with Gasteiger partial charge in [-0.15, -0.1) is 0 Å². The molecule has 4 unspecified atom stereocenters. The second-order valence-electron chi connectivity index (χ2n) is 11.4. The molecule has 0 bridgehead atoms. The van der Waals surface area contributed by atoms with Gasteiger partial charge in [0.25, 0.3) is 5.60 Å². The fourth-order valence-corrected chi connectivity index (χ4v) is 6.85. The van der Waals surface area contributed by atoms with Gasteiger partial charge in [-0.05, 0) is 41.7 Å². The Morgan fingerprint density at radius 2 is 1.82 bits per heavy atom. The van der Waals surface area contributed by atoms with E-state index in [0.29, 0.717) is 17.3 Å². The quantitative estimate of drug-likeness (QED) is 0.146. The predicted octanol–water partition coefficient (Wildman–Crippen LogP) is -0.739. The molecule has 14 nitrogen and oxygen atoms in total. The van der Waals surface area contributed by atoms with Gasteiger partial charge in [0, 0.05) is 31.5 Å². The second kappa shape index (κ2) is 12.3. The van der Waals surface area contributed by atoms with Gasteiger partial charge in [0.2, 0.25) is 6.79 Å². The highest BCUT2D eigenvalue weighted by atomic mass is 16.7. The van der Waals surface area contributed by atoms with Crippen molar-refractivity contribution in [2.45, 2.75) is 67.5 Å². The molecule has 4 N–H and O–H groups in total. The van der Waals surface area contributed by atoms with E-state index >= 15 is 0 Å². The molecule has 0 saturated carbocycles. The number of ether oxygens (including phenoxy) is 7. The Morgan fingerprint density at radius 3 is 2.52 bits per heavy atom. The molecule has 5 aliphatic rings. The Balaban J connectivity index is 1.21. The lowest BCUT2D eigenvalue weighted by Crippen LogP contribution is -2.50. The number of hydrogen-bond acceptors (Lipinski definition) is 14. The summed E-state index contributed by atoms with van der Waals surface area (Å²) in [6.45, 7) is 1.07. The van der Waals surface area contributed by atoms with Gasteiger partial charge in [0.1, 0.15) is 24.1 Å². The van der Waals surface area contributed by atoms with Crippen molar-refractivity contribution in [3.63, 3.8) is 0 Å². The van der Waals surface area contributed by atoms with Gasteiger partial charge in [-0.1, -0.05) is 12.2 Å². The summed E-state index contributed by atoms with van der Waals surface area (Å²) in [5, 5.41) is 40.5. The zero-order chi connectivity index (χ0) is 31.2. The molecule has 1 aromatic rings. The lowest BCUT2D eigenvalue weighted by molar-refractivity contribution is -0.185. The average Bonchev–Trinajstić information content (AvgIpc) is 3.76. The van der Waals surface area contributed by atoms with Crippen LogP contribution in [0.25, 0.3) is 0 Å². The first-order chi connectivity index (χ1) is 21.2. The number of methoxy groups -OCH3 is 2. The van der Waals surface area contributed by atoms with Gasteiger partial charge in [0.05, 0.1) is 27.4 Å². The van der Waals surface area contributed by atoms with Crippen LogP contribution >= 0.6 is 0 Å². The van der Waals surface area contributed by atoms with Gasteiger partial charge in [0.15, 0.2) is 23.9 Å². The summed E-state index contributed by atoms with van der Waals surface area (Å²) in [5.41, 5.74) is 0.293. The first-order valence-corrected chi connectivity index (χ1v) is 14.6. The van der Waals surface area contributed by atoms with E-state index < -0.39 is 61.3 Å². The molecular formula is C30H37NO13. The number of aliphatic hydroxyl groups excluding tert-OH is 3. The van der Waals surface area contributed by atoms with E-state index in [1.807, 2.05) is 12.1 Å². The zero-order valence-electron chi connectivity index (χ0n) is 24.4. The lowest BCUT2D eigenvalue weighted by atomic mass is 9.86. The van der Waals surface area contributed by atoms with Crippen molar-refractivity contribution in [2.75, 3.05) is 47.3 Å². The molecule has 0 amide bonds. The summed E-state index contributed by atoms with van der Waals surface area (Å²) in [6, 6.07) is 3.79. The predicted molar refractivity (Wildman–Crippen MR) is 147 cm³/mol. The summed E-state index contributed by atoms with van der Waals surface area (Å²) in [5.74, 6) is -1.02. The molecule has 4 aliphatic heterocycles. The van der Waals surface area contributed by atoms with Crippen LogP contribution in [0.3, 0.4) is 0 Å². The highest BCUT2D eigenvalue weighted by molar-refractivity contribution is 6.03. The average molecular weight is 620 g/mol. The molecule has 4 heterocycles. The molecule has 8 atom stereocenters. The van der Waals surface area contributed by atoms with Gasteiger partial charge >= 0.3 is 11.9 Å². The summed E-state index contributed by atoms with van der Waals surface area (Å²) in [4.78, 5) is 28.8. The number of esters is 2. The molecule has 44 heavy (non-hydrogen) atoms. The van der Waals surface area contributed by atoms with E-state index in [9.17, 15) is 30.0 Å². The number of benzene rings is 1. The minimum Gasteiger partial charge on any atom is -0.497 e. The molecule has 0 radical (unpaired) electrons. The minimum absolute atomic E-state index is 0.0928. The Kier molecular flexibility index (Phi) is 8.58. The number of hydrogen-bond donors (Lipinski definition) is 4. The first-order valence-electron chi connectivity index (χ1n) is 14.6. The van der Waals surface area contributed by atoms with Crippen molar-refractivity contribution in [2.24, 2.45) is 0 Å². The van der Waals surface area contributed by atoms with E-state index in [4.69, 9.17) is 33.2 Å². The van der Waals surface area contributed by atoms with Gasteiger partial charge < -0.3 is 53.6 Å². The SMILES string of the molecule is COC(=O)[C@](O)(C/C=C/COC1OC(CO)C(O)C1O)C(=O)O[C@@H]1C(OC)=C2CCN3CCc4cc5c(cc4[C@H]1[C@H]23)OCO5. The van der Waals surface area contributed by atoms with Crippen molar-refractivity contribution in [3.05, 3.63) is 46.7 Å². The van der Waals surface area contributed by atoms with Crippen LogP contribution in [-0.4, -0.2) is 127 Å². The maximum Gasteiger partial charge on any atom is 0.351 e. The summed E-state index contributed by atoms with van der Waals surface area (Å²) in [6.07, 6.45) is -2.07. The molecule has 6 rings (SSSR count). The molecule has 1 aromatic carbocycles. The van der Waals surface area contributed by atoms with Gasteiger partial charge in [-0.3, -0.25) is 4.90 Å². The van der Waals surface area contributed by atoms with Gasteiger partial charge in [-0.25, -0.2) is 9.59 Å². The summed E-state index contributed by atoms with van der Waals surface area (Å²) < 4.78 is 38.5. The number of nitrogens with zero attached hydrogens (tertiary/aromatic N) is 1. The van der Waals surface area contributed by atoms with Crippen molar-refractivity contribution < 1.29 is 63.2 Å². The van der Waals surface area contributed by atoms with Crippen LogP contribution in [0, 0.1) is 0 Å². The van der Waals surface area contributed by atoms with Crippen molar-refractivity contribution in [3.8, 4) is 11.5 Å². The van der Waals surface area contributed by atoms with E-state index in [1.165, 1.54) is 19.3 Å². The second-order valence-corrected chi connectivity index (χ2v) is 11.4. The zero-order valence-corrected chi connectivity index (χ0v) is 24.4. The topological polar surface area (TPSA) is 183 Å². The van der Waals surface area contributed by atoms with E-state index in [1.54, 1.807) is 0 Å². The molecule has 1 aliphatic carbocycles. The lowest BCUT2D eigenvalue weighted by Gasteiger charge is -2.31. The molecule has 2 fully saturated rings. The fourth-order valence-electron chi connectivity index (χ4n) is 6.85. The van der Waals surface area contributed by atoms with Crippen molar-refractivity contribution >= 4 is 11.9 Å². The maximum absolute atomic E-state index is 13.7. The number of rotatable bonds is 10. The molecule has 0 spiro atoms. The van der Waals surface area contributed by atoms with E-state index in [0.717, 1.165) is 49.7 Å². The highest BCUT2D eigenvalue weighted by Gasteiger charge is 2.56. The van der Waals surface area contributed by atoms with Crippen LogP contribution in [0.2, 0.25) is 0 Å². The van der Waals surface area contributed by atoms with Crippen LogP contribution in [-0.2, 0) is 39.7 Å². The third-order valence-corrected chi connectivity index (χ3v) is 9.07. The third kappa shape index (κ3) is 5.13. The Hall–Kier alpha value is -3.24. The molecule has 0 aromatic heterocycles.